The number of likely N-dealkylation sites (N-methyl/N-ethyl adjacent to an activating group) is 1. The zero-order valence-electron chi connectivity index (χ0n) is 12.8. The molecule has 0 bridgehead atoms. The molecule has 2 rings (SSSR count). The van der Waals surface area contributed by atoms with E-state index in [9.17, 15) is 9.59 Å². The molecule has 22 heavy (non-hydrogen) atoms. The lowest BCUT2D eigenvalue weighted by Crippen LogP contribution is -2.37. The van der Waals surface area contributed by atoms with Crippen LogP contribution in [0.25, 0.3) is 10.2 Å². The number of carbonyl (C=O) groups excluding carboxylic acids is 2. The molecule has 0 aliphatic heterocycles. The van der Waals surface area contributed by atoms with Crippen molar-refractivity contribution >= 4 is 45.5 Å². The predicted molar refractivity (Wildman–Crippen MR) is 87.4 cm³/mol. The van der Waals surface area contributed by atoms with E-state index in [2.05, 4.69) is 4.98 Å². The lowest BCUT2D eigenvalue weighted by Gasteiger charge is -2.27. The molecule has 118 valence electrons. The van der Waals surface area contributed by atoms with E-state index in [-0.39, 0.29) is 0 Å². The largest absolute Gasteiger partial charge is 0.444 e. The summed E-state index contributed by atoms with van der Waals surface area (Å²) in [5.41, 5.74) is 0.0885. The third-order valence-corrected chi connectivity index (χ3v) is 4.25. The number of aromatic nitrogens is 1. The Bertz CT molecular complexity index is 708. The highest BCUT2D eigenvalue weighted by Gasteiger charge is 2.27. The number of nitrogens with zero attached hydrogens (tertiary/aromatic N) is 2. The normalized spacial score (nSPS) is 13.0. The quantitative estimate of drug-likeness (QED) is 0.624. The third kappa shape index (κ3) is 3.75. The van der Waals surface area contributed by atoms with Gasteiger partial charge in [0, 0.05) is 11.9 Å². The second kappa shape index (κ2) is 6.22. The summed E-state index contributed by atoms with van der Waals surface area (Å²) in [4.78, 5) is 29.8. The molecule has 0 saturated carbocycles. The van der Waals surface area contributed by atoms with Gasteiger partial charge in [-0.15, -0.1) is 11.3 Å². The van der Waals surface area contributed by atoms with Crippen molar-refractivity contribution in [2.75, 3.05) is 7.05 Å². The second-order valence-corrected chi connectivity index (χ2v) is 7.34. The van der Waals surface area contributed by atoms with Crippen molar-refractivity contribution in [3.8, 4) is 0 Å². The summed E-state index contributed by atoms with van der Waals surface area (Å²) in [6, 6.07) is 4.59. The van der Waals surface area contributed by atoms with E-state index < -0.39 is 17.7 Å². The van der Waals surface area contributed by atoms with Crippen molar-refractivity contribution in [2.24, 2.45) is 0 Å². The van der Waals surface area contributed by atoms with Gasteiger partial charge in [0.15, 0.2) is 0 Å². The Morgan fingerprint density at radius 1 is 1.45 bits per heavy atom. The van der Waals surface area contributed by atoms with Crippen LogP contribution >= 0.6 is 22.9 Å². The number of hydrogen-bond acceptors (Lipinski definition) is 5. The molecule has 0 N–H and O–H groups in total. The number of carbonyl (C=O) groups is 2. The summed E-state index contributed by atoms with van der Waals surface area (Å²) in [6.45, 7) is 5.33. The molecule has 0 aliphatic rings. The first-order valence-corrected chi connectivity index (χ1v) is 7.88. The minimum Gasteiger partial charge on any atom is -0.444 e. The summed E-state index contributed by atoms with van der Waals surface area (Å²) in [5.74, 6) is 0. The van der Waals surface area contributed by atoms with Crippen molar-refractivity contribution in [3.05, 3.63) is 28.2 Å². The SMILES string of the molecule is CN(C(=O)OC(C)(C)C)C(C=O)c1cc2nc(Cl)ccc2s1. The average Bonchev–Trinajstić information content (AvgIpc) is 2.79. The first-order valence-electron chi connectivity index (χ1n) is 6.68. The van der Waals surface area contributed by atoms with E-state index in [1.54, 1.807) is 32.9 Å². The molecule has 0 radical (unpaired) electrons. The van der Waals surface area contributed by atoms with Crippen LogP contribution in [0.15, 0.2) is 18.2 Å². The van der Waals surface area contributed by atoms with E-state index in [0.29, 0.717) is 15.5 Å². The number of fused-ring (bicyclic) bond motifs is 1. The van der Waals surface area contributed by atoms with Crippen LogP contribution in [0, 0.1) is 0 Å². The van der Waals surface area contributed by atoms with Gasteiger partial charge in [0.1, 0.15) is 23.1 Å². The molecule has 1 unspecified atom stereocenters. The first kappa shape index (κ1) is 16.7. The van der Waals surface area contributed by atoms with E-state index >= 15 is 0 Å². The number of halogens is 1. The molecule has 0 saturated heterocycles. The van der Waals surface area contributed by atoms with Gasteiger partial charge in [0.2, 0.25) is 0 Å². The van der Waals surface area contributed by atoms with Crippen LogP contribution in [0.3, 0.4) is 0 Å². The van der Waals surface area contributed by atoms with Gasteiger partial charge in [0.05, 0.1) is 10.2 Å². The van der Waals surface area contributed by atoms with Gasteiger partial charge in [-0.25, -0.2) is 9.78 Å². The standard InChI is InChI=1S/C15H17ClN2O3S/c1-15(2,3)21-14(20)18(4)10(8-19)12-7-9-11(22-12)5-6-13(16)17-9/h5-8,10H,1-4H3. The molecule has 1 atom stereocenters. The van der Waals surface area contributed by atoms with Crippen molar-refractivity contribution < 1.29 is 14.3 Å². The van der Waals surface area contributed by atoms with Gasteiger partial charge in [-0.1, -0.05) is 11.6 Å². The molecular formula is C15H17ClN2O3S. The fourth-order valence-corrected chi connectivity index (χ4v) is 3.12. The highest BCUT2D eigenvalue weighted by Crippen LogP contribution is 2.32. The van der Waals surface area contributed by atoms with Crippen LogP contribution in [0.5, 0.6) is 0 Å². The topological polar surface area (TPSA) is 59.5 Å². The van der Waals surface area contributed by atoms with Crippen molar-refractivity contribution in [1.82, 2.24) is 9.88 Å². The van der Waals surface area contributed by atoms with Crippen LogP contribution in [0.4, 0.5) is 4.79 Å². The maximum Gasteiger partial charge on any atom is 0.410 e. The molecule has 2 heterocycles. The Kier molecular flexibility index (Phi) is 4.72. The fraction of sp³-hybridized carbons (Fsp3) is 0.400. The third-order valence-electron chi connectivity index (χ3n) is 2.88. The van der Waals surface area contributed by atoms with Gasteiger partial charge in [-0.3, -0.25) is 4.90 Å². The predicted octanol–water partition coefficient (Wildman–Crippen LogP) is 4.06. The lowest BCUT2D eigenvalue weighted by atomic mass is 10.2. The number of hydrogen-bond donors (Lipinski definition) is 0. The molecule has 2 aromatic heterocycles. The van der Waals surface area contributed by atoms with E-state index in [0.717, 1.165) is 11.0 Å². The summed E-state index contributed by atoms with van der Waals surface area (Å²) < 4.78 is 6.20. The molecular weight excluding hydrogens is 324 g/mol. The Morgan fingerprint density at radius 3 is 2.73 bits per heavy atom. The van der Waals surface area contributed by atoms with Gasteiger partial charge in [-0.2, -0.15) is 0 Å². The van der Waals surface area contributed by atoms with Crippen LogP contribution in [-0.2, 0) is 9.53 Å². The van der Waals surface area contributed by atoms with E-state index in [1.165, 1.54) is 23.3 Å². The number of ether oxygens (including phenoxy) is 1. The Hall–Kier alpha value is -1.66. The number of aldehydes is 1. The Labute approximate surface area is 137 Å². The van der Waals surface area contributed by atoms with Crippen molar-refractivity contribution in [3.63, 3.8) is 0 Å². The highest BCUT2D eigenvalue weighted by atomic mass is 35.5. The van der Waals surface area contributed by atoms with Crippen LogP contribution in [0.2, 0.25) is 5.15 Å². The van der Waals surface area contributed by atoms with Crippen molar-refractivity contribution in [2.45, 2.75) is 32.4 Å². The molecule has 0 aromatic carbocycles. The Morgan fingerprint density at radius 2 is 2.14 bits per heavy atom. The monoisotopic (exact) mass is 340 g/mol. The van der Waals surface area contributed by atoms with E-state index in [4.69, 9.17) is 16.3 Å². The first-order chi connectivity index (χ1) is 10.2. The molecule has 0 spiro atoms. The average molecular weight is 341 g/mol. The summed E-state index contributed by atoms with van der Waals surface area (Å²) in [7, 11) is 1.54. The summed E-state index contributed by atoms with van der Waals surface area (Å²) in [6.07, 6.45) is 0.170. The maximum atomic E-state index is 12.1. The highest BCUT2D eigenvalue weighted by molar-refractivity contribution is 7.19. The minimum atomic E-state index is -0.715. The zero-order chi connectivity index (χ0) is 16.5. The fourth-order valence-electron chi connectivity index (χ4n) is 1.86. The van der Waals surface area contributed by atoms with Crippen LogP contribution in [-0.4, -0.2) is 34.9 Å². The second-order valence-electron chi connectivity index (χ2n) is 5.84. The van der Waals surface area contributed by atoms with Gasteiger partial charge < -0.3 is 9.53 Å². The molecule has 5 nitrogen and oxygen atoms in total. The van der Waals surface area contributed by atoms with Crippen LogP contribution in [0.1, 0.15) is 31.7 Å². The number of amides is 1. The smallest absolute Gasteiger partial charge is 0.410 e. The number of thiophene rings is 1. The molecule has 1 amide bonds. The zero-order valence-corrected chi connectivity index (χ0v) is 14.4. The maximum absolute atomic E-state index is 12.1. The van der Waals surface area contributed by atoms with Crippen LogP contribution < -0.4 is 0 Å². The number of pyridine rings is 1. The molecule has 7 heteroatoms. The van der Waals surface area contributed by atoms with E-state index in [1.807, 2.05) is 6.07 Å². The minimum absolute atomic E-state index is 0.389. The molecule has 2 aromatic rings. The van der Waals surface area contributed by atoms with Gasteiger partial charge in [-0.05, 0) is 39.0 Å². The number of rotatable bonds is 3. The molecule has 0 fully saturated rings. The van der Waals surface area contributed by atoms with Gasteiger partial charge in [0.25, 0.3) is 0 Å². The molecule has 0 aliphatic carbocycles. The summed E-state index contributed by atoms with van der Waals surface area (Å²) in [5, 5.41) is 0.389. The summed E-state index contributed by atoms with van der Waals surface area (Å²) >= 11 is 7.27. The Balaban J connectivity index is 2.29. The van der Waals surface area contributed by atoms with Gasteiger partial charge >= 0.3 is 6.09 Å². The van der Waals surface area contributed by atoms with Crippen molar-refractivity contribution in [1.29, 1.82) is 0 Å². The lowest BCUT2D eigenvalue weighted by molar-refractivity contribution is -0.112.